The Bertz CT molecular complexity index is 710. The Morgan fingerprint density at radius 1 is 1.21 bits per heavy atom. The first-order valence-corrected chi connectivity index (χ1v) is 9.11. The van der Waals surface area contributed by atoms with Crippen LogP contribution in [0.5, 0.6) is 0 Å². The fourth-order valence-corrected chi connectivity index (χ4v) is 4.17. The van der Waals surface area contributed by atoms with Crippen molar-refractivity contribution in [2.24, 2.45) is 0 Å². The van der Waals surface area contributed by atoms with Crippen LogP contribution in [-0.4, -0.2) is 54.3 Å². The van der Waals surface area contributed by atoms with Crippen LogP contribution < -0.4 is 0 Å². The fraction of sp³-hybridized carbons (Fsp3) is 0.444. The molecule has 1 unspecified atom stereocenters. The summed E-state index contributed by atoms with van der Waals surface area (Å²) in [6, 6.07) is 10.2. The van der Waals surface area contributed by atoms with Gasteiger partial charge in [-0.15, -0.1) is 11.3 Å². The van der Waals surface area contributed by atoms with Crippen molar-refractivity contribution in [2.75, 3.05) is 33.0 Å². The first-order valence-electron chi connectivity index (χ1n) is 8.23. The summed E-state index contributed by atoms with van der Waals surface area (Å²) in [6.07, 6.45) is 1.59. The van der Waals surface area contributed by atoms with E-state index in [9.17, 15) is 4.79 Å². The molecule has 5 nitrogen and oxygen atoms in total. The van der Waals surface area contributed by atoms with E-state index >= 15 is 0 Å². The van der Waals surface area contributed by atoms with E-state index in [0.29, 0.717) is 38.7 Å². The number of hydrogen-bond acceptors (Lipinski definition) is 5. The lowest BCUT2D eigenvalue weighted by Crippen LogP contribution is -2.59. The number of nitrogens with zero attached hydrogens (tertiary/aromatic N) is 2. The zero-order valence-electron chi connectivity index (χ0n) is 13.4. The van der Waals surface area contributed by atoms with Crippen LogP contribution in [0, 0.1) is 0 Å². The second-order valence-corrected chi connectivity index (χ2v) is 7.27. The molecule has 1 atom stereocenters. The molecule has 0 bridgehead atoms. The number of carbonyl (C=O) groups excluding carboxylic acids is 1. The lowest BCUT2D eigenvalue weighted by atomic mass is 9.95. The average Bonchev–Trinajstić information content (AvgIpc) is 3.26. The van der Waals surface area contributed by atoms with Crippen LogP contribution in [0.1, 0.15) is 27.5 Å². The highest BCUT2D eigenvalue weighted by Crippen LogP contribution is 2.31. The summed E-state index contributed by atoms with van der Waals surface area (Å²) in [4.78, 5) is 19.5. The van der Waals surface area contributed by atoms with Gasteiger partial charge < -0.3 is 14.4 Å². The molecule has 126 valence electrons. The van der Waals surface area contributed by atoms with Gasteiger partial charge in [-0.25, -0.2) is 4.98 Å². The molecule has 6 heteroatoms. The number of carbonyl (C=O) groups is 1. The van der Waals surface area contributed by atoms with E-state index in [-0.39, 0.29) is 11.4 Å². The smallest absolute Gasteiger partial charge is 0.274 e. The van der Waals surface area contributed by atoms with E-state index in [1.165, 1.54) is 5.56 Å². The van der Waals surface area contributed by atoms with Crippen molar-refractivity contribution in [3.05, 3.63) is 52.0 Å². The molecule has 2 aliphatic heterocycles. The summed E-state index contributed by atoms with van der Waals surface area (Å²) in [5.41, 5.74) is 1.44. The second kappa shape index (κ2) is 6.63. The van der Waals surface area contributed by atoms with Gasteiger partial charge in [0.25, 0.3) is 5.91 Å². The van der Waals surface area contributed by atoms with E-state index in [0.717, 1.165) is 17.8 Å². The maximum Gasteiger partial charge on any atom is 0.274 e. The van der Waals surface area contributed by atoms with E-state index in [1.807, 2.05) is 28.5 Å². The van der Waals surface area contributed by atoms with E-state index in [2.05, 4.69) is 17.1 Å². The van der Waals surface area contributed by atoms with Crippen molar-refractivity contribution < 1.29 is 14.3 Å². The molecule has 1 aromatic heterocycles. The van der Waals surface area contributed by atoms with Crippen molar-refractivity contribution in [3.63, 3.8) is 0 Å². The SMILES string of the molecule is O=C(c1csc(Cc2ccccc2)n1)N1CCOCC12CCOC2. The highest BCUT2D eigenvalue weighted by atomic mass is 32.1. The van der Waals surface area contributed by atoms with Crippen LogP contribution in [-0.2, 0) is 15.9 Å². The zero-order valence-corrected chi connectivity index (χ0v) is 14.3. The van der Waals surface area contributed by atoms with E-state index < -0.39 is 0 Å². The minimum absolute atomic E-state index is 0.000591. The number of benzene rings is 1. The molecule has 1 amide bonds. The van der Waals surface area contributed by atoms with Crippen molar-refractivity contribution in [1.82, 2.24) is 9.88 Å². The number of hydrogen-bond donors (Lipinski definition) is 0. The minimum atomic E-state index is -0.307. The quantitative estimate of drug-likeness (QED) is 0.858. The van der Waals surface area contributed by atoms with Crippen LogP contribution in [0.25, 0.3) is 0 Å². The normalized spacial score (nSPS) is 23.8. The Balaban J connectivity index is 1.52. The van der Waals surface area contributed by atoms with E-state index in [4.69, 9.17) is 9.47 Å². The standard InChI is InChI=1S/C18H20N2O3S/c21-17(20-7-9-23-13-18(20)6-8-22-12-18)15-11-24-16(19-15)10-14-4-2-1-3-5-14/h1-5,11H,6-10,12-13H2. The molecular weight excluding hydrogens is 324 g/mol. The number of aromatic nitrogens is 1. The summed E-state index contributed by atoms with van der Waals surface area (Å²) >= 11 is 1.55. The first kappa shape index (κ1) is 15.7. The molecule has 0 radical (unpaired) electrons. The van der Waals surface area contributed by atoms with Crippen LogP contribution in [0.2, 0.25) is 0 Å². The molecule has 1 spiro atoms. The van der Waals surface area contributed by atoms with Gasteiger partial charge in [0.2, 0.25) is 0 Å². The molecule has 4 rings (SSSR count). The fourth-order valence-electron chi connectivity index (χ4n) is 3.37. The zero-order chi connectivity index (χ0) is 16.4. The highest BCUT2D eigenvalue weighted by Gasteiger charge is 2.46. The summed E-state index contributed by atoms with van der Waals surface area (Å²) in [5.74, 6) is -0.000591. The molecule has 24 heavy (non-hydrogen) atoms. The number of morpholine rings is 1. The summed E-state index contributed by atoms with van der Waals surface area (Å²) < 4.78 is 11.2. The summed E-state index contributed by atoms with van der Waals surface area (Å²) in [7, 11) is 0. The van der Waals surface area contributed by atoms with E-state index in [1.54, 1.807) is 11.3 Å². The number of thiazole rings is 1. The molecule has 2 aliphatic rings. The van der Waals surface area contributed by atoms with Gasteiger partial charge in [-0.1, -0.05) is 30.3 Å². The highest BCUT2D eigenvalue weighted by molar-refractivity contribution is 7.09. The molecular formula is C18H20N2O3S. The predicted octanol–water partition coefficient (Wildman–Crippen LogP) is 2.37. The third kappa shape index (κ3) is 2.97. The Hall–Kier alpha value is -1.76. The minimum Gasteiger partial charge on any atom is -0.379 e. The Morgan fingerprint density at radius 3 is 2.79 bits per heavy atom. The number of rotatable bonds is 3. The van der Waals surface area contributed by atoms with Crippen molar-refractivity contribution >= 4 is 17.2 Å². The topological polar surface area (TPSA) is 51.7 Å². The molecule has 0 aliphatic carbocycles. The van der Waals surface area contributed by atoms with Crippen molar-refractivity contribution in [1.29, 1.82) is 0 Å². The molecule has 1 aromatic carbocycles. The number of amides is 1. The average molecular weight is 344 g/mol. The Kier molecular flexibility index (Phi) is 4.35. The largest absolute Gasteiger partial charge is 0.379 e. The third-order valence-corrected chi connectivity index (χ3v) is 5.55. The van der Waals surface area contributed by atoms with Gasteiger partial charge in [-0.3, -0.25) is 4.79 Å². The summed E-state index contributed by atoms with van der Waals surface area (Å²) in [6.45, 7) is 2.98. The van der Waals surface area contributed by atoms with Crippen LogP contribution in [0.4, 0.5) is 0 Å². The van der Waals surface area contributed by atoms with Gasteiger partial charge >= 0.3 is 0 Å². The van der Waals surface area contributed by atoms with Gasteiger partial charge in [0, 0.05) is 25.0 Å². The van der Waals surface area contributed by atoms with Crippen molar-refractivity contribution in [2.45, 2.75) is 18.4 Å². The Morgan fingerprint density at radius 2 is 2.00 bits per heavy atom. The van der Waals surface area contributed by atoms with Gasteiger partial charge in [0.1, 0.15) is 5.69 Å². The second-order valence-electron chi connectivity index (χ2n) is 6.33. The monoisotopic (exact) mass is 344 g/mol. The number of ether oxygens (including phenoxy) is 2. The maximum atomic E-state index is 13.0. The Labute approximate surface area is 145 Å². The van der Waals surface area contributed by atoms with Crippen molar-refractivity contribution in [3.8, 4) is 0 Å². The van der Waals surface area contributed by atoms with Gasteiger partial charge in [0.05, 0.1) is 30.4 Å². The summed E-state index contributed by atoms with van der Waals surface area (Å²) in [5, 5.41) is 2.84. The van der Waals surface area contributed by atoms with Gasteiger partial charge in [0.15, 0.2) is 0 Å². The van der Waals surface area contributed by atoms with Gasteiger partial charge in [-0.05, 0) is 12.0 Å². The lowest BCUT2D eigenvalue weighted by Gasteiger charge is -2.43. The molecule has 2 saturated heterocycles. The molecule has 0 N–H and O–H groups in total. The molecule has 2 aromatic rings. The molecule has 3 heterocycles. The lowest BCUT2D eigenvalue weighted by molar-refractivity contribution is -0.0552. The maximum absolute atomic E-state index is 13.0. The van der Waals surface area contributed by atoms with Gasteiger partial charge in [-0.2, -0.15) is 0 Å². The predicted molar refractivity (Wildman–Crippen MR) is 91.4 cm³/mol. The molecule has 0 saturated carbocycles. The van der Waals surface area contributed by atoms with Crippen LogP contribution >= 0.6 is 11.3 Å². The van der Waals surface area contributed by atoms with Crippen LogP contribution in [0.3, 0.4) is 0 Å². The first-order chi connectivity index (χ1) is 11.8. The third-order valence-electron chi connectivity index (χ3n) is 4.70. The molecule has 2 fully saturated rings. The van der Waals surface area contributed by atoms with Crippen LogP contribution in [0.15, 0.2) is 35.7 Å².